The van der Waals surface area contributed by atoms with E-state index in [1.807, 2.05) is 71.9 Å². The summed E-state index contributed by atoms with van der Waals surface area (Å²) < 4.78 is 0. The third-order valence-corrected chi connectivity index (χ3v) is 6.01. The van der Waals surface area contributed by atoms with Crippen LogP contribution in [-0.2, 0) is 16.0 Å². The zero-order valence-corrected chi connectivity index (χ0v) is 24.9. The first-order valence-corrected chi connectivity index (χ1v) is 13.6. The molecule has 1 aromatic rings. The molecular formula is C29H51N5O4. The van der Waals surface area contributed by atoms with Crippen molar-refractivity contribution in [3.05, 3.63) is 35.9 Å². The Kier molecular flexibility index (Phi) is 13.2. The van der Waals surface area contributed by atoms with Crippen LogP contribution in [0.2, 0.25) is 0 Å². The third kappa shape index (κ3) is 12.7. The lowest BCUT2D eigenvalue weighted by Gasteiger charge is -2.35. The molecule has 0 bridgehead atoms. The number of aliphatic hydroxyl groups is 1. The monoisotopic (exact) mass is 533 g/mol. The molecule has 1 rings (SSSR count). The number of likely N-dealkylation sites (N-methyl/N-ethyl adjacent to an activating group) is 1. The van der Waals surface area contributed by atoms with Crippen molar-refractivity contribution in [3.63, 3.8) is 0 Å². The van der Waals surface area contributed by atoms with E-state index in [-0.39, 0.29) is 30.9 Å². The fourth-order valence-electron chi connectivity index (χ4n) is 3.91. The zero-order valence-electron chi connectivity index (χ0n) is 24.9. The Hall–Kier alpha value is -2.65. The number of carbonyl (C=O) groups excluding carboxylic acids is 3. The van der Waals surface area contributed by atoms with Crippen molar-refractivity contribution < 1.29 is 19.5 Å². The molecule has 0 saturated heterocycles. The van der Waals surface area contributed by atoms with Gasteiger partial charge in [-0.3, -0.25) is 9.59 Å². The minimum Gasteiger partial charge on any atom is -0.389 e. The summed E-state index contributed by atoms with van der Waals surface area (Å²) in [5.74, 6) is -0.290. The summed E-state index contributed by atoms with van der Waals surface area (Å²) in [6, 6.07) is 7.84. The summed E-state index contributed by atoms with van der Waals surface area (Å²) in [6.45, 7) is 16.2. The number of hydrogen-bond acceptors (Lipinski definition) is 5. The largest absolute Gasteiger partial charge is 0.389 e. The highest BCUT2D eigenvalue weighted by Gasteiger charge is 2.35. The van der Waals surface area contributed by atoms with E-state index in [9.17, 15) is 19.5 Å². The molecule has 1 aromatic carbocycles. The summed E-state index contributed by atoms with van der Waals surface area (Å²) in [6.07, 6.45) is 0.114. The van der Waals surface area contributed by atoms with Crippen LogP contribution in [0.5, 0.6) is 0 Å². The average molecular weight is 534 g/mol. The Morgan fingerprint density at radius 2 is 1.58 bits per heavy atom. The molecular weight excluding hydrogens is 482 g/mol. The van der Waals surface area contributed by atoms with E-state index in [4.69, 9.17) is 0 Å². The molecule has 3 unspecified atom stereocenters. The van der Waals surface area contributed by atoms with Crippen molar-refractivity contribution >= 4 is 17.8 Å². The van der Waals surface area contributed by atoms with E-state index in [1.165, 1.54) is 0 Å². The first kappa shape index (κ1) is 33.4. The summed E-state index contributed by atoms with van der Waals surface area (Å²) >= 11 is 0. The van der Waals surface area contributed by atoms with Crippen molar-refractivity contribution in [2.75, 3.05) is 26.7 Å². The predicted octanol–water partition coefficient (Wildman–Crippen LogP) is 2.68. The number of carbonyl (C=O) groups is 3. The molecule has 0 spiro atoms. The lowest BCUT2D eigenvalue weighted by molar-refractivity contribution is -0.132. The second-order valence-electron chi connectivity index (χ2n) is 12.6. The van der Waals surface area contributed by atoms with Gasteiger partial charge < -0.3 is 31.3 Å². The number of aliphatic hydroxyl groups excluding tert-OH is 1. The normalized spacial score (nSPS) is 14.4. The Morgan fingerprint density at radius 3 is 2.08 bits per heavy atom. The lowest BCUT2D eigenvalue weighted by atomic mass is 9.85. The molecule has 216 valence electrons. The van der Waals surface area contributed by atoms with Crippen LogP contribution in [0.3, 0.4) is 0 Å². The number of urea groups is 1. The van der Waals surface area contributed by atoms with Gasteiger partial charge in [-0.05, 0) is 57.6 Å². The van der Waals surface area contributed by atoms with Gasteiger partial charge in [0.05, 0.1) is 25.2 Å². The van der Waals surface area contributed by atoms with Gasteiger partial charge in [0.25, 0.3) is 0 Å². The van der Waals surface area contributed by atoms with Gasteiger partial charge in [0.1, 0.15) is 6.04 Å². The van der Waals surface area contributed by atoms with Gasteiger partial charge >= 0.3 is 6.03 Å². The maximum absolute atomic E-state index is 13.5. The predicted molar refractivity (Wildman–Crippen MR) is 153 cm³/mol. The van der Waals surface area contributed by atoms with Crippen LogP contribution >= 0.6 is 0 Å². The summed E-state index contributed by atoms with van der Waals surface area (Å²) in [5.41, 5.74) is -0.0522. The standard InChI is InChI=1S/C29H51N5O4/c1-20(2)15-16-34(27(38)33-29(6,7)8)19-23(35)22(17-21-13-11-10-12-14-21)31-26(37)25(28(3,4)5)32-24(36)18-30-9/h10-14,20,22-23,25,30,35H,15-19H2,1-9H3,(H,31,37)(H,32,36)(H,33,38). The van der Waals surface area contributed by atoms with Crippen LogP contribution in [0, 0.1) is 11.3 Å². The van der Waals surface area contributed by atoms with Gasteiger partial charge in [-0.2, -0.15) is 0 Å². The molecule has 0 heterocycles. The maximum atomic E-state index is 13.5. The summed E-state index contributed by atoms with van der Waals surface area (Å²) in [5, 5.41) is 23.0. The van der Waals surface area contributed by atoms with Crippen LogP contribution in [0.4, 0.5) is 4.79 Å². The van der Waals surface area contributed by atoms with Crippen LogP contribution in [0.15, 0.2) is 30.3 Å². The molecule has 0 radical (unpaired) electrons. The van der Waals surface area contributed by atoms with Crippen molar-refractivity contribution in [3.8, 4) is 0 Å². The molecule has 0 saturated carbocycles. The first-order valence-electron chi connectivity index (χ1n) is 13.6. The highest BCUT2D eigenvalue weighted by molar-refractivity contribution is 5.89. The van der Waals surface area contributed by atoms with Crippen LogP contribution < -0.4 is 21.3 Å². The third-order valence-electron chi connectivity index (χ3n) is 6.01. The maximum Gasteiger partial charge on any atom is 0.317 e. The van der Waals surface area contributed by atoms with E-state index in [0.29, 0.717) is 18.9 Å². The first-order chi connectivity index (χ1) is 17.5. The molecule has 0 fully saturated rings. The van der Waals surface area contributed by atoms with E-state index >= 15 is 0 Å². The van der Waals surface area contributed by atoms with E-state index in [0.717, 1.165) is 12.0 Å². The fourth-order valence-corrected chi connectivity index (χ4v) is 3.91. The smallest absolute Gasteiger partial charge is 0.317 e. The van der Waals surface area contributed by atoms with Crippen LogP contribution in [0.1, 0.15) is 67.4 Å². The van der Waals surface area contributed by atoms with Gasteiger partial charge in [0.2, 0.25) is 11.8 Å². The molecule has 0 aliphatic heterocycles. The Morgan fingerprint density at radius 1 is 0.974 bits per heavy atom. The quantitative estimate of drug-likeness (QED) is 0.267. The molecule has 4 amide bonds. The topological polar surface area (TPSA) is 123 Å². The van der Waals surface area contributed by atoms with Crippen molar-refractivity contribution in [2.24, 2.45) is 11.3 Å². The molecule has 9 heteroatoms. The molecule has 0 aliphatic carbocycles. The Labute approximate surface area is 229 Å². The molecule has 38 heavy (non-hydrogen) atoms. The fraction of sp³-hybridized carbons (Fsp3) is 0.690. The highest BCUT2D eigenvalue weighted by atomic mass is 16.3. The molecule has 5 N–H and O–H groups in total. The van der Waals surface area contributed by atoms with E-state index in [2.05, 4.69) is 35.1 Å². The van der Waals surface area contributed by atoms with E-state index in [1.54, 1.807) is 11.9 Å². The molecule has 0 aliphatic rings. The lowest BCUT2D eigenvalue weighted by Crippen LogP contribution is -2.60. The highest BCUT2D eigenvalue weighted by Crippen LogP contribution is 2.20. The Balaban J connectivity index is 3.22. The second-order valence-corrected chi connectivity index (χ2v) is 12.6. The number of nitrogens with one attached hydrogen (secondary N) is 4. The SMILES string of the molecule is CNCC(=O)NC(C(=O)NC(Cc1ccccc1)C(O)CN(CCC(C)C)C(=O)NC(C)(C)C)C(C)(C)C. The van der Waals surface area contributed by atoms with Crippen LogP contribution in [0.25, 0.3) is 0 Å². The van der Waals surface area contributed by atoms with Crippen molar-refractivity contribution in [1.82, 2.24) is 26.2 Å². The number of hydrogen-bond donors (Lipinski definition) is 5. The molecule has 0 aromatic heterocycles. The van der Waals surface area contributed by atoms with Gasteiger partial charge in [-0.25, -0.2) is 4.79 Å². The molecule has 3 atom stereocenters. The van der Waals surface area contributed by atoms with E-state index < -0.39 is 29.1 Å². The van der Waals surface area contributed by atoms with Crippen molar-refractivity contribution in [2.45, 2.75) is 92.0 Å². The number of amides is 4. The number of nitrogens with zero attached hydrogens (tertiary/aromatic N) is 1. The van der Waals surface area contributed by atoms with Gasteiger partial charge in [0.15, 0.2) is 0 Å². The second kappa shape index (κ2) is 15.1. The van der Waals surface area contributed by atoms with Gasteiger partial charge in [-0.15, -0.1) is 0 Å². The number of rotatable bonds is 13. The summed E-state index contributed by atoms with van der Waals surface area (Å²) in [7, 11) is 1.67. The number of benzene rings is 1. The zero-order chi connectivity index (χ0) is 29.1. The van der Waals surface area contributed by atoms with Crippen molar-refractivity contribution in [1.29, 1.82) is 0 Å². The molecule has 9 nitrogen and oxygen atoms in total. The van der Waals surface area contributed by atoms with Crippen LogP contribution in [-0.4, -0.2) is 78.3 Å². The Bertz CT molecular complexity index is 877. The minimum atomic E-state index is -1.04. The van der Waals surface area contributed by atoms with Gasteiger partial charge in [-0.1, -0.05) is 65.0 Å². The summed E-state index contributed by atoms with van der Waals surface area (Å²) in [4.78, 5) is 40.5. The average Bonchev–Trinajstić information content (AvgIpc) is 2.78. The minimum absolute atomic E-state index is 0.0543. The van der Waals surface area contributed by atoms with Gasteiger partial charge in [0, 0.05) is 12.1 Å².